The van der Waals surface area contributed by atoms with Crippen LogP contribution in [0.4, 0.5) is 15.8 Å². The average Bonchev–Trinajstić information content (AvgIpc) is 2.45. The number of rotatable bonds is 4. The quantitative estimate of drug-likeness (QED) is 0.667. The molecule has 114 valence electrons. The van der Waals surface area contributed by atoms with Crippen molar-refractivity contribution >= 4 is 40.5 Å². The molecule has 0 radical (unpaired) electrons. The first-order valence-electron chi connectivity index (χ1n) is 6.05. The molecule has 1 amide bonds. The highest BCUT2D eigenvalue weighted by molar-refractivity contribution is 6.36. The average molecular weight is 343 g/mol. The number of carbonyl (C=O) groups excluding carboxylic acids is 1. The van der Waals surface area contributed by atoms with E-state index in [0.717, 1.165) is 18.2 Å². The number of halogens is 3. The minimum atomic E-state index is -0.774. The summed E-state index contributed by atoms with van der Waals surface area (Å²) in [5, 5.41) is 13.6. The number of hydrogen-bond acceptors (Lipinski definition) is 3. The lowest BCUT2D eigenvalue weighted by Crippen LogP contribution is -2.16. The normalized spacial score (nSPS) is 10.3. The number of nitro benzene ring substituents is 1. The summed E-state index contributed by atoms with van der Waals surface area (Å²) in [6.45, 7) is 0. The highest BCUT2D eigenvalue weighted by Crippen LogP contribution is 2.26. The third-order valence-corrected chi connectivity index (χ3v) is 3.54. The lowest BCUT2D eigenvalue weighted by Gasteiger charge is -2.09. The molecule has 2 aromatic rings. The second-order valence-electron chi connectivity index (χ2n) is 4.35. The van der Waals surface area contributed by atoms with Gasteiger partial charge in [-0.2, -0.15) is 0 Å². The summed E-state index contributed by atoms with van der Waals surface area (Å²) >= 11 is 11.9. The molecule has 2 aromatic carbocycles. The molecule has 2 rings (SSSR count). The maximum absolute atomic E-state index is 13.6. The highest BCUT2D eigenvalue weighted by Gasteiger charge is 2.15. The molecule has 0 aromatic heterocycles. The zero-order valence-corrected chi connectivity index (χ0v) is 12.5. The number of carbonyl (C=O) groups is 1. The predicted octanol–water partition coefficient (Wildman–Crippen LogP) is 4.22. The van der Waals surface area contributed by atoms with E-state index in [1.165, 1.54) is 0 Å². The molecule has 0 aliphatic rings. The molecule has 0 saturated heterocycles. The van der Waals surface area contributed by atoms with Crippen LogP contribution in [-0.4, -0.2) is 10.8 Å². The monoisotopic (exact) mass is 342 g/mol. The van der Waals surface area contributed by atoms with Crippen molar-refractivity contribution in [3.05, 3.63) is 67.9 Å². The van der Waals surface area contributed by atoms with Crippen molar-refractivity contribution in [2.45, 2.75) is 6.42 Å². The molecular weight excluding hydrogens is 334 g/mol. The van der Waals surface area contributed by atoms with Crippen LogP contribution in [0, 0.1) is 15.9 Å². The van der Waals surface area contributed by atoms with Gasteiger partial charge in [0.2, 0.25) is 5.91 Å². The van der Waals surface area contributed by atoms with Gasteiger partial charge in [-0.15, -0.1) is 0 Å². The van der Waals surface area contributed by atoms with Gasteiger partial charge in [0.05, 0.1) is 17.0 Å². The van der Waals surface area contributed by atoms with Gasteiger partial charge in [0.1, 0.15) is 5.82 Å². The number of benzene rings is 2. The first-order chi connectivity index (χ1) is 10.4. The molecule has 0 aliphatic carbocycles. The van der Waals surface area contributed by atoms with Gasteiger partial charge in [-0.1, -0.05) is 29.3 Å². The smallest absolute Gasteiger partial charge is 0.271 e. The van der Waals surface area contributed by atoms with Gasteiger partial charge in [0, 0.05) is 22.2 Å². The highest BCUT2D eigenvalue weighted by atomic mass is 35.5. The SMILES string of the molecule is O=C(Cc1c(Cl)cccc1Cl)Nc1cc([N+](=O)[O-])ccc1F. The topological polar surface area (TPSA) is 72.2 Å². The summed E-state index contributed by atoms with van der Waals surface area (Å²) in [7, 11) is 0. The first kappa shape index (κ1) is 16.2. The van der Waals surface area contributed by atoms with Crippen molar-refractivity contribution in [2.24, 2.45) is 0 Å². The van der Waals surface area contributed by atoms with Crippen molar-refractivity contribution in [1.82, 2.24) is 0 Å². The van der Waals surface area contributed by atoms with Crippen molar-refractivity contribution in [2.75, 3.05) is 5.32 Å². The van der Waals surface area contributed by atoms with E-state index >= 15 is 0 Å². The minimum absolute atomic E-state index is 0.180. The molecule has 8 heteroatoms. The van der Waals surface area contributed by atoms with E-state index in [-0.39, 0.29) is 17.8 Å². The second-order valence-corrected chi connectivity index (χ2v) is 5.16. The van der Waals surface area contributed by atoms with E-state index in [4.69, 9.17) is 23.2 Å². The van der Waals surface area contributed by atoms with Gasteiger partial charge < -0.3 is 5.32 Å². The number of amides is 1. The second kappa shape index (κ2) is 6.72. The Balaban J connectivity index is 2.19. The van der Waals surface area contributed by atoms with E-state index in [1.807, 2.05) is 0 Å². The Bertz CT molecular complexity index is 733. The van der Waals surface area contributed by atoms with Gasteiger partial charge in [-0.25, -0.2) is 4.39 Å². The summed E-state index contributed by atoms with van der Waals surface area (Å²) in [6.07, 6.45) is -0.180. The Kier molecular flexibility index (Phi) is 4.95. The largest absolute Gasteiger partial charge is 0.323 e. The maximum Gasteiger partial charge on any atom is 0.271 e. The van der Waals surface area contributed by atoms with Crippen LogP contribution in [0.25, 0.3) is 0 Å². The summed E-state index contributed by atoms with van der Waals surface area (Å²) in [4.78, 5) is 21.9. The van der Waals surface area contributed by atoms with Crippen molar-refractivity contribution in [3.63, 3.8) is 0 Å². The summed E-state index contributed by atoms with van der Waals surface area (Å²) in [5.41, 5.74) is -0.205. The number of nitrogens with one attached hydrogen (secondary N) is 1. The van der Waals surface area contributed by atoms with Gasteiger partial charge in [-0.3, -0.25) is 14.9 Å². The van der Waals surface area contributed by atoms with E-state index in [9.17, 15) is 19.3 Å². The minimum Gasteiger partial charge on any atom is -0.323 e. The summed E-state index contributed by atoms with van der Waals surface area (Å²) < 4.78 is 13.6. The van der Waals surface area contributed by atoms with E-state index in [0.29, 0.717) is 15.6 Å². The molecule has 0 aliphatic heterocycles. The Morgan fingerprint density at radius 3 is 2.45 bits per heavy atom. The number of nitrogens with zero attached hydrogens (tertiary/aromatic N) is 1. The fourth-order valence-corrected chi connectivity index (χ4v) is 2.31. The number of non-ortho nitro benzene ring substituents is 1. The molecule has 0 unspecified atom stereocenters. The molecule has 1 N–H and O–H groups in total. The third-order valence-electron chi connectivity index (χ3n) is 2.83. The van der Waals surface area contributed by atoms with Crippen molar-refractivity contribution in [1.29, 1.82) is 0 Å². The molecule has 0 heterocycles. The first-order valence-corrected chi connectivity index (χ1v) is 6.80. The van der Waals surface area contributed by atoms with Crippen molar-refractivity contribution < 1.29 is 14.1 Å². The van der Waals surface area contributed by atoms with E-state index in [1.54, 1.807) is 18.2 Å². The number of nitro groups is 1. The Hall–Kier alpha value is -2.18. The molecule has 0 fully saturated rings. The fourth-order valence-electron chi connectivity index (χ4n) is 1.78. The van der Waals surface area contributed by atoms with Gasteiger partial charge >= 0.3 is 0 Å². The van der Waals surface area contributed by atoms with Crippen LogP contribution in [0.5, 0.6) is 0 Å². The van der Waals surface area contributed by atoms with Crippen LogP contribution in [0.15, 0.2) is 36.4 Å². The fraction of sp³-hybridized carbons (Fsp3) is 0.0714. The van der Waals surface area contributed by atoms with E-state index < -0.39 is 16.6 Å². The van der Waals surface area contributed by atoms with Gasteiger partial charge in [0.15, 0.2) is 0 Å². The molecule has 5 nitrogen and oxygen atoms in total. The molecule has 22 heavy (non-hydrogen) atoms. The van der Waals surface area contributed by atoms with Crippen LogP contribution in [0.2, 0.25) is 10.0 Å². The zero-order chi connectivity index (χ0) is 16.3. The molecule has 0 atom stereocenters. The maximum atomic E-state index is 13.6. The molecule has 0 spiro atoms. The van der Waals surface area contributed by atoms with Crippen LogP contribution in [0.1, 0.15) is 5.56 Å². The van der Waals surface area contributed by atoms with Gasteiger partial charge in [-0.05, 0) is 23.8 Å². The van der Waals surface area contributed by atoms with Crippen LogP contribution in [-0.2, 0) is 11.2 Å². The lowest BCUT2D eigenvalue weighted by atomic mass is 10.1. The Morgan fingerprint density at radius 2 is 1.86 bits per heavy atom. The number of anilines is 1. The van der Waals surface area contributed by atoms with Crippen molar-refractivity contribution in [3.8, 4) is 0 Å². The molecule has 0 saturated carbocycles. The van der Waals surface area contributed by atoms with Gasteiger partial charge in [0.25, 0.3) is 5.69 Å². The third kappa shape index (κ3) is 3.72. The molecule has 0 bridgehead atoms. The standard InChI is InChI=1S/C14H9Cl2FN2O3/c15-10-2-1-3-11(16)9(10)7-14(20)18-13-6-8(19(21)22)4-5-12(13)17/h1-6H,7H2,(H,18,20). The van der Waals surface area contributed by atoms with E-state index in [2.05, 4.69) is 5.32 Å². The predicted molar refractivity (Wildman–Crippen MR) is 81.9 cm³/mol. The molecular formula is C14H9Cl2FN2O3. The summed E-state index contributed by atoms with van der Waals surface area (Å²) in [5.74, 6) is -1.36. The Labute approximate surface area is 134 Å². The van der Waals surface area contributed by atoms with Crippen LogP contribution >= 0.6 is 23.2 Å². The summed E-state index contributed by atoms with van der Waals surface area (Å²) in [6, 6.07) is 7.65. The zero-order valence-electron chi connectivity index (χ0n) is 11.0. The van der Waals surface area contributed by atoms with Crippen LogP contribution < -0.4 is 5.32 Å². The lowest BCUT2D eigenvalue weighted by molar-refractivity contribution is -0.384. The van der Waals surface area contributed by atoms with Crippen LogP contribution in [0.3, 0.4) is 0 Å². The number of hydrogen-bond donors (Lipinski definition) is 1. The Morgan fingerprint density at radius 1 is 1.23 bits per heavy atom.